The molecule has 0 unspecified atom stereocenters. The van der Waals surface area contributed by atoms with Crippen molar-refractivity contribution in [2.75, 3.05) is 6.61 Å². The SMILES string of the molecule is O=C(O)COc1ccc2nc(-c3c(O)[nH]c4ccccc34)ccc2c1. The summed E-state index contributed by atoms with van der Waals surface area (Å²) in [6, 6.07) is 16.5. The van der Waals surface area contributed by atoms with Crippen LogP contribution in [-0.2, 0) is 4.79 Å². The van der Waals surface area contributed by atoms with Gasteiger partial charge in [0.05, 0.1) is 16.8 Å². The summed E-state index contributed by atoms with van der Waals surface area (Å²) in [7, 11) is 0. The lowest BCUT2D eigenvalue weighted by molar-refractivity contribution is -0.139. The van der Waals surface area contributed by atoms with Crippen LogP contribution < -0.4 is 4.74 Å². The van der Waals surface area contributed by atoms with Crippen molar-refractivity contribution in [3.8, 4) is 22.9 Å². The van der Waals surface area contributed by atoms with Gasteiger partial charge in [-0.1, -0.05) is 24.3 Å². The highest BCUT2D eigenvalue weighted by molar-refractivity contribution is 5.99. The van der Waals surface area contributed by atoms with Crippen molar-refractivity contribution in [2.24, 2.45) is 0 Å². The summed E-state index contributed by atoms with van der Waals surface area (Å²) in [6.07, 6.45) is 0. The van der Waals surface area contributed by atoms with Gasteiger partial charge >= 0.3 is 5.97 Å². The Bertz CT molecular complexity index is 1100. The second-order valence-corrected chi connectivity index (χ2v) is 5.63. The predicted octanol–water partition coefficient (Wildman–Crippen LogP) is 3.55. The van der Waals surface area contributed by atoms with Crippen molar-refractivity contribution in [2.45, 2.75) is 0 Å². The van der Waals surface area contributed by atoms with Gasteiger partial charge in [0.25, 0.3) is 0 Å². The summed E-state index contributed by atoms with van der Waals surface area (Å²) in [6.45, 7) is -0.389. The molecular weight excluding hydrogens is 320 g/mol. The monoisotopic (exact) mass is 334 g/mol. The molecule has 0 bridgehead atoms. The topological polar surface area (TPSA) is 95.4 Å². The van der Waals surface area contributed by atoms with Crippen LogP contribution in [-0.4, -0.2) is 32.8 Å². The summed E-state index contributed by atoms with van der Waals surface area (Å²) < 4.78 is 5.18. The smallest absolute Gasteiger partial charge is 0.341 e. The highest BCUT2D eigenvalue weighted by Crippen LogP contribution is 2.36. The average Bonchev–Trinajstić information content (AvgIpc) is 2.95. The van der Waals surface area contributed by atoms with Crippen molar-refractivity contribution < 1.29 is 19.7 Å². The third-order valence-corrected chi connectivity index (χ3v) is 3.97. The molecule has 6 nitrogen and oxygen atoms in total. The Kier molecular flexibility index (Phi) is 3.50. The molecule has 6 heteroatoms. The second kappa shape index (κ2) is 5.83. The number of carbonyl (C=O) groups is 1. The van der Waals surface area contributed by atoms with Crippen LogP contribution in [0.2, 0.25) is 0 Å². The van der Waals surface area contributed by atoms with Crippen LogP contribution in [0.3, 0.4) is 0 Å². The standard InChI is InChI=1S/C19H14N2O4/c22-17(23)10-25-12-6-8-14-11(9-12)5-7-16(20-14)18-13-3-1-2-4-15(13)21-19(18)24/h1-9,21,24H,10H2,(H,22,23). The molecule has 0 amide bonds. The molecule has 3 N–H and O–H groups in total. The van der Waals surface area contributed by atoms with Crippen molar-refractivity contribution in [1.82, 2.24) is 9.97 Å². The van der Waals surface area contributed by atoms with Gasteiger partial charge in [-0.2, -0.15) is 0 Å². The number of hydrogen-bond donors (Lipinski definition) is 3. The number of carboxylic acids is 1. The molecule has 0 fully saturated rings. The van der Waals surface area contributed by atoms with E-state index >= 15 is 0 Å². The van der Waals surface area contributed by atoms with Gasteiger partial charge in [-0.05, 0) is 30.3 Å². The lowest BCUT2D eigenvalue weighted by Gasteiger charge is -2.06. The molecular formula is C19H14N2O4. The Morgan fingerprint density at radius 1 is 1.12 bits per heavy atom. The first kappa shape index (κ1) is 15.0. The molecule has 2 aromatic carbocycles. The van der Waals surface area contributed by atoms with E-state index in [1.165, 1.54) is 0 Å². The number of aromatic nitrogens is 2. The van der Waals surface area contributed by atoms with Gasteiger partial charge in [-0.25, -0.2) is 9.78 Å². The molecule has 4 rings (SSSR count). The fraction of sp³-hybridized carbons (Fsp3) is 0.0526. The minimum Gasteiger partial charge on any atom is -0.494 e. The maximum atomic E-state index is 10.6. The largest absolute Gasteiger partial charge is 0.494 e. The average molecular weight is 334 g/mol. The first-order valence-corrected chi connectivity index (χ1v) is 7.67. The number of fused-ring (bicyclic) bond motifs is 2. The Hall–Kier alpha value is -3.54. The van der Waals surface area contributed by atoms with E-state index in [2.05, 4.69) is 9.97 Å². The minimum absolute atomic E-state index is 0.0782. The van der Waals surface area contributed by atoms with Crippen LogP contribution in [0.25, 0.3) is 33.1 Å². The Balaban J connectivity index is 1.77. The first-order valence-electron chi connectivity index (χ1n) is 7.67. The quantitative estimate of drug-likeness (QED) is 0.530. The fourth-order valence-electron chi connectivity index (χ4n) is 2.86. The summed E-state index contributed by atoms with van der Waals surface area (Å²) in [5.74, 6) is -0.475. The van der Waals surface area contributed by atoms with E-state index in [0.717, 1.165) is 21.8 Å². The van der Waals surface area contributed by atoms with Gasteiger partial charge < -0.3 is 19.9 Å². The highest BCUT2D eigenvalue weighted by atomic mass is 16.5. The number of para-hydroxylation sites is 1. The Labute approximate surface area is 142 Å². The van der Waals surface area contributed by atoms with Crippen LogP contribution in [0.4, 0.5) is 0 Å². The molecule has 0 atom stereocenters. The maximum absolute atomic E-state index is 10.6. The summed E-state index contributed by atoms with van der Waals surface area (Å²) in [4.78, 5) is 18.2. The minimum atomic E-state index is -1.02. The second-order valence-electron chi connectivity index (χ2n) is 5.63. The van der Waals surface area contributed by atoms with E-state index in [4.69, 9.17) is 9.84 Å². The molecule has 0 aliphatic heterocycles. The molecule has 124 valence electrons. The number of ether oxygens (including phenoxy) is 1. The molecule has 0 radical (unpaired) electrons. The zero-order valence-electron chi connectivity index (χ0n) is 13.1. The molecule has 4 aromatic rings. The van der Waals surface area contributed by atoms with E-state index in [0.29, 0.717) is 17.0 Å². The lowest BCUT2D eigenvalue weighted by atomic mass is 10.1. The first-order chi connectivity index (χ1) is 12.1. The van der Waals surface area contributed by atoms with E-state index < -0.39 is 5.97 Å². The van der Waals surface area contributed by atoms with Gasteiger partial charge in [0.1, 0.15) is 5.75 Å². The van der Waals surface area contributed by atoms with E-state index in [1.54, 1.807) is 18.2 Å². The number of aromatic hydroxyl groups is 1. The van der Waals surface area contributed by atoms with Crippen LogP contribution in [0, 0.1) is 0 Å². The van der Waals surface area contributed by atoms with Crippen molar-refractivity contribution in [3.63, 3.8) is 0 Å². The number of benzene rings is 2. The predicted molar refractivity (Wildman–Crippen MR) is 93.8 cm³/mol. The van der Waals surface area contributed by atoms with Gasteiger partial charge in [-0.15, -0.1) is 0 Å². The number of nitrogens with zero attached hydrogens (tertiary/aromatic N) is 1. The van der Waals surface area contributed by atoms with Crippen LogP contribution >= 0.6 is 0 Å². The number of pyridine rings is 1. The molecule has 2 aromatic heterocycles. The number of nitrogens with one attached hydrogen (secondary N) is 1. The zero-order valence-corrected chi connectivity index (χ0v) is 13.1. The number of H-pyrrole nitrogens is 1. The number of hydrogen-bond acceptors (Lipinski definition) is 4. The third kappa shape index (κ3) is 2.74. The molecule has 2 heterocycles. The highest BCUT2D eigenvalue weighted by Gasteiger charge is 2.14. The zero-order chi connectivity index (χ0) is 17.4. The summed E-state index contributed by atoms with van der Waals surface area (Å²) in [5, 5.41) is 20.7. The molecule has 25 heavy (non-hydrogen) atoms. The molecule has 0 saturated heterocycles. The Morgan fingerprint density at radius 2 is 1.96 bits per heavy atom. The lowest BCUT2D eigenvalue weighted by Crippen LogP contribution is -2.09. The van der Waals surface area contributed by atoms with Gasteiger partial charge in [0.2, 0.25) is 0 Å². The summed E-state index contributed by atoms with van der Waals surface area (Å²) >= 11 is 0. The molecule has 0 aliphatic carbocycles. The maximum Gasteiger partial charge on any atom is 0.341 e. The van der Waals surface area contributed by atoms with Gasteiger partial charge in [0, 0.05) is 16.3 Å². The van der Waals surface area contributed by atoms with Crippen LogP contribution in [0.5, 0.6) is 11.6 Å². The molecule has 0 aliphatic rings. The number of carboxylic acid groups (broad SMARTS) is 1. The molecule has 0 spiro atoms. The van der Waals surface area contributed by atoms with Crippen molar-refractivity contribution in [1.29, 1.82) is 0 Å². The van der Waals surface area contributed by atoms with Gasteiger partial charge in [0.15, 0.2) is 12.5 Å². The fourth-order valence-corrected chi connectivity index (χ4v) is 2.86. The van der Waals surface area contributed by atoms with E-state index in [-0.39, 0.29) is 12.5 Å². The Morgan fingerprint density at radius 3 is 2.80 bits per heavy atom. The summed E-state index contributed by atoms with van der Waals surface area (Å²) in [5.41, 5.74) is 2.88. The van der Waals surface area contributed by atoms with E-state index in [1.807, 2.05) is 36.4 Å². The number of aliphatic carboxylic acids is 1. The normalized spacial score (nSPS) is 11.0. The van der Waals surface area contributed by atoms with Crippen molar-refractivity contribution in [3.05, 3.63) is 54.6 Å². The number of aromatic amines is 1. The van der Waals surface area contributed by atoms with E-state index in [9.17, 15) is 9.90 Å². The third-order valence-electron chi connectivity index (χ3n) is 3.97. The number of rotatable bonds is 4. The van der Waals surface area contributed by atoms with Crippen molar-refractivity contribution >= 4 is 27.8 Å². The molecule has 0 saturated carbocycles. The van der Waals surface area contributed by atoms with Crippen LogP contribution in [0.15, 0.2) is 54.6 Å². The van der Waals surface area contributed by atoms with Crippen LogP contribution in [0.1, 0.15) is 0 Å². The van der Waals surface area contributed by atoms with Gasteiger partial charge in [-0.3, -0.25) is 0 Å².